The van der Waals surface area contributed by atoms with Gasteiger partial charge in [-0.3, -0.25) is 4.99 Å². The molecule has 1 aromatic rings. The first-order valence-corrected chi connectivity index (χ1v) is 9.29. The van der Waals surface area contributed by atoms with E-state index in [0.29, 0.717) is 17.4 Å². The Morgan fingerprint density at radius 1 is 1.31 bits per heavy atom. The number of rotatable bonds is 7. The predicted molar refractivity (Wildman–Crippen MR) is 111 cm³/mol. The molecule has 26 heavy (non-hydrogen) atoms. The number of aliphatic imine (C=N–C) groups is 1. The first-order valence-electron chi connectivity index (χ1n) is 8.25. The Morgan fingerprint density at radius 3 is 2.73 bits per heavy atom. The van der Waals surface area contributed by atoms with Gasteiger partial charge >= 0.3 is 6.18 Å². The highest BCUT2D eigenvalue weighted by molar-refractivity contribution is 14.0. The molecule has 1 aliphatic rings. The number of nitrogens with one attached hydrogen (secondary N) is 2. The molecule has 1 atom stereocenters. The summed E-state index contributed by atoms with van der Waals surface area (Å²) >= 11 is 1.98. The second kappa shape index (κ2) is 11.9. The van der Waals surface area contributed by atoms with E-state index in [9.17, 15) is 13.2 Å². The van der Waals surface area contributed by atoms with Gasteiger partial charge in [0.25, 0.3) is 0 Å². The fourth-order valence-electron chi connectivity index (χ4n) is 2.54. The zero-order chi connectivity index (χ0) is 18.1. The lowest BCUT2D eigenvalue weighted by molar-refractivity contribution is -0.176. The van der Waals surface area contributed by atoms with E-state index in [-0.39, 0.29) is 30.6 Å². The Labute approximate surface area is 173 Å². The monoisotopic (exact) mass is 503 g/mol. The lowest BCUT2D eigenvalue weighted by Gasteiger charge is -2.15. The fourth-order valence-corrected chi connectivity index (χ4v) is 3.74. The van der Waals surface area contributed by atoms with E-state index in [1.54, 1.807) is 13.1 Å². The number of alkyl halides is 3. The number of hydrogen-bond donors (Lipinski definition) is 2. The van der Waals surface area contributed by atoms with Gasteiger partial charge in [-0.25, -0.2) is 0 Å². The van der Waals surface area contributed by atoms with Crippen molar-refractivity contribution in [2.45, 2.75) is 37.4 Å². The Bertz CT molecular complexity index is 566. The van der Waals surface area contributed by atoms with Crippen LogP contribution in [0.25, 0.3) is 0 Å². The molecule has 148 valence electrons. The van der Waals surface area contributed by atoms with Crippen molar-refractivity contribution < 1.29 is 17.9 Å². The van der Waals surface area contributed by atoms with Gasteiger partial charge in [0, 0.05) is 25.4 Å². The maximum atomic E-state index is 12.1. The predicted octanol–water partition coefficient (Wildman–Crippen LogP) is 3.94. The topological polar surface area (TPSA) is 45.7 Å². The second-order valence-corrected chi connectivity index (χ2v) is 7.28. The molecule has 0 aliphatic carbocycles. The lowest BCUT2D eigenvalue weighted by atomic mass is 10.1. The van der Waals surface area contributed by atoms with Gasteiger partial charge in [-0.05, 0) is 29.7 Å². The van der Waals surface area contributed by atoms with Crippen molar-refractivity contribution in [1.29, 1.82) is 0 Å². The average molecular weight is 503 g/mol. The van der Waals surface area contributed by atoms with Crippen LogP contribution in [-0.4, -0.2) is 43.3 Å². The van der Waals surface area contributed by atoms with E-state index in [1.807, 2.05) is 30.0 Å². The molecule has 0 bridgehead atoms. The van der Waals surface area contributed by atoms with Crippen molar-refractivity contribution in [3.05, 3.63) is 35.4 Å². The maximum Gasteiger partial charge on any atom is 0.411 e. The molecule has 1 unspecified atom stereocenters. The molecular formula is C17H25F3IN3OS. The van der Waals surface area contributed by atoms with Crippen molar-refractivity contribution in [2.75, 3.05) is 26.0 Å². The van der Waals surface area contributed by atoms with Crippen molar-refractivity contribution in [3.8, 4) is 0 Å². The number of ether oxygens (including phenoxy) is 1. The van der Waals surface area contributed by atoms with Gasteiger partial charge in [-0.15, -0.1) is 24.0 Å². The SMILES string of the molecule is CN=C(NCc1cccc(COCC(F)(F)F)c1)NCC1CCCS1.I. The van der Waals surface area contributed by atoms with Crippen LogP contribution in [-0.2, 0) is 17.9 Å². The molecule has 2 rings (SSSR count). The van der Waals surface area contributed by atoms with Gasteiger partial charge < -0.3 is 15.4 Å². The quantitative estimate of drug-likeness (QED) is 0.336. The summed E-state index contributed by atoms with van der Waals surface area (Å²) in [6.07, 6.45) is -1.80. The van der Waals surface area contributed by atoms with Crippen LogP contribution in [0, 0.1) is 0 Å². The fraction of sp³-hybridized carbons (Fsp3) is 0.588. The van der Waals surface area contributed by atoms with E-state index in [1.165, 1.54) is 18.6 Å². The van der Waals surface area contributed by atoms with Crippen LogP contribution >= 0.6 is 35.7 Å². The normalized spacial score (nSPS) is 17.7. The van der Waals surface area contributed by atoms with Gasteiger partial charge in [0.05, 0.1) is 6.61 Å². The van der Waals surface area contributed by atoms with Crippen LogP contribution in [0.2, 0.25) is 0 Å². The molecule has 0 spiro atoms. The Hall–Kier alpha value is -0.680. The van der Waals surface area contributed by atoms with Crippen LogP contribution in [0.1, 0.15) is 24.0 Å². The molecule has 9 heteroatoms. The van der Waals surface area contributed by atoms with Crippen LogP contribution in [0.5, 0.6) is 0 Å². The molecule has 0 saturated carbocycles. The van der Waals surface area contributed by atoms with Gasteiger partial charge in [-0.2, -0.15) is 24.9 Å². The van der Waals surface area contributed by atoms with Crippen molar-refractivity contribution in [3.63, 3.8) is 0 Å². The molecule has 1 aliphatic heterocycles. The third-order valence-electron chi connectivity index (χ3n) is 3.73. The molecule has 1 aromatic carbocycles. The summed E-state index contributed by atoms with van der Waals surface area (Å²) in [7, 11) is 1.72. The summed E-state index contributed by atoms with van der Waals surface area (Å²) in [6.45, 7) is 0.144. The Balaban J connectivity index is 0.00000338. The van der Waals surface area contributed by atoms with Crippen LogP contribution in [0.15, 0.2) is 29.3 Å². The van der Waals surface area contributed by atoms with E-state index >= 15 is 0 Å². The van der Waals surface area contributed by atoms with Crippen LogP contribution in [0.4, 0.5) is 13.2 Å². The first kappa shape index (κ1) is 23.4. The minimum Gasteiger partial charge on any atom is -0.367 e. The summed E-state index contributed by atoms with van der Waals surface area (Å²) in [5.74, 6) is 1.95. The number of guanidine groups is 1. The summed E-state index contributed by atoms with van der Waals surface area (Å²) < 4.78 is 41.0. The molecule has 4 nitrogen and oxygen atoms in total. The standard InChI is InChI=1S/C17H24F3N3OS.HI/c1-21-16(23-10-15-6-3-7-25-15)22-9-13-4-2-5-14(8-13)11-24-12-17(18,19)20;/h2,4-5,8,15H,3,6-7,9-12H2,1H3,(H2,21,22,23);1H. The van der Waals surface area contributed by atoms with Gasteiger partial charge in [0.1, 0.15) is 6.61 Å². The zero-order valence-electron chi connectivity index (χ0n) is 14.6. The van der Waals surface area contributed by atoms with Crippen LogP contribution in [0.3, 0.4) is 0 Å². The van der Waals surface area contributed by atoms with Gasteiger partial charge in [0.2, 0.25) is 0 Å². The van der Waals surface area contributed by atoms with E-state index in [0.717, 1.165) is 18.1 Å². The zero-order valence-corrected chi connectivity index (χ0v) is 17.8. The molecular weight excluding hydrogens is 478 g/mol. The van der Waals surface area contributed by atoms with Gasteiger partial charge in [-0.1, -0.05) is 24.3 Å². The smallest absolute Gasteiger partial charge is 0.367 e. The molecule has 1 heterocycles. The van der Waals surface area contributed by atoms with E-state index in [4.69, 9.17) is 4.74 Å². The summed E-state index contributed by atoms with van der Waals surface area (Å²) in [6, 6.07) is 7.32. The third-order valence-corrected chi connectivity index (χ3v) is 5.13. The number of hydrogen-bond acceptors (Lipinski definition) is 3. The lowest BCUT2D eigenvalue weighted by Crippen LogP contribution is -2.39. The summed E-state index contributed by atoms with van der Waals surface area (Å²) in [5.41, 5.74) is 1.68. The Kier molecular flexibility index (Phi) is 10.7. The highest BCUT2D eigenvalue weighted by Crippen LogP contribution is 2.25. The number of nitrogens with zero attached hydrogens (tertiary/aromatic N) is 1. The first-order chi connectivity index (χ1) is 12.0. The van der Waals surface area contributed by atoms with Gasteiger partial charge in [0.15, 0.2) is 5.96 Å². The average Bonchev–Trinajstić information content (AvgIpc) is 3.08. The van der Waals surface area contributed by atoms with Crippen molar-refractivity contribution >= 4 is 41.7 Å². The van der Waals surface area contributed by atoms with E-state index < -0.39 is 12.8 Å². The highest BCUT2D eigenvalue weighted by Gasteiger charge is 2.27. The highest BCUT2D eigenvalue weighted by atomic mass is 127. The van der Waals surface area contributed by atoms with Crippen molar-refractivity contribution in [2.24, 2.45) is 4.99 Å². The summed E-state index contributed by atoms with van der Waals surface area (Å²) in [5, 5.41) is 7.17. The number of thioether (sulfide) groups is 1. The van der Waals surface area contributed by atoms with E-state index in [2.05, 4.69) is 15.6 Å². The summed E-state index contributed by atoms with van der Waals surface area (Å²) in [4.78, 5) is 4.20. The third kappa shape index (κ3) is 9.31. The molecule has 0 aromatic heterocycles. The molecule has 1 fully saturated rings. The molecule has 2 N–H and O–H groups in total. The largest absolute Gasteiger partial charge is 0.411 e. The number of halogens is 4. The second-order valence-electron chi connectivity index (χ2n) is 5.87. The van der Waals surface area contributed by atoms with Crippen molar-refractivity contribution in [1.82, 2.24) is 10.6 Å². The molecule has 1 saturated heterocycles. The number of benzene rings is 1. The minimum absolute atomic E-state index is 0. The maximum absolute atomic E-state index is 12.1. The molecule has 0 amide bonds. The Morgan fingerprint density at radius 2 is 2.08 bits per heavy atom. The minimum atomic E-state index is -4.30. The molecule has 0 radical (unpaired) electrons. The van der Waals surface area contributed by atoms with Crippen LogP contribution < -0.4 is 10.6 Å².